The van der Waals surface area contributed by atoms with Crippen LogP contribution in [-0.2, 0) is 0 Å². The van der Waals surface area contributed by atoms with Crippen LogP contribution in [0.1, 0.15) is 26.7 Å². The molecule has 116 valence electrons. The molecule has 0 bridgehead atoms. The smallest absolute Gasteiger partial charge is 0.387 e. The summed E-state index contributed by atoms with van der Waals surface area (Å²) in [6.07, 6.45) is 2.12. The SMILES string of the molecule is CC1CCC(C)N(c2ccc([N+](=O)[O-])c(OC(F)F)c2)C1. The number of nitrogens with zero attached hydrogens (tertiary/aromatic N) is 2. The molecule has 0 aliphatic carbocycles. The van der Waals surface area contributed by atoms with Crippen LogP contribution >= 0.6 is 0 Å². The van der Waals surface area contributed by atoms with Crippen molar-refractivity contribution in [1.29, 1.82) is 0 Å². The van der Waals surface area contributed by atoms with Crippen LogP contribution in [0, 0.1) is 16.0 Å². The molecule has 2 unspecified atom stereocenters. The van der Waals surface area contributed by atoms with Crippen molar-refractivity contribution in [2.24, 2.45) is 5.92 Å². The number of alkyl halides is 2. The number of piperidine rings is 1. The zero-order valence-electron chi connectivity index (χ0n) is 12.0. The molecule has 0 amide bonds. The van der Waals surface area contributed by atoms with Crippen molar-refractivity contribution in [2.45, 2.75) is 39.3 Å². The monoisotopic (exact) mass is 300 g/mol. The molecule has 0 radical (unpaired) electrons. The van der Waals surface area contributed by atoms with Gasteiger partial charge < -0.3 is 9.64 Å². The summed E-state index contributed by atoms with van der Waals surface area (Å²) in [5, 5.41) is 10.9. The Morgan fingerprint density at radius 2 is 2.10 bits per heavy atom. The van der Waals surface area contributed by atoms with E-state index in [1.807, 2.05) is 0 Å². The molecule has 5 nitrogen and oxygen atoms in total. The van der Waals surface area contributed by atoms with E-state index >= 15 is 0 Å². The summed E-state index contributed by atoms with van der Waals surface area (Å²) >= 11 is 0. The lowest BCUT2D eigenvalue weighted by molar-refractivity contribution is -0.386. The van der Waals surface area contributed by atoms with Crippen LogP contribution in [0.2, 0.25) is 0 Å². The van der Waals surface area contributed by atoms with Crippen LogP contribution < -0.4 is 9.64 Å². The summed E-state index contributed by atoms with van der Waals surface area (Å²) in [6.45, 7) is 1.89. The molecule has 1 aromatic rings. The third-order valence-electron chi connectivity index (χ3n) is 3.81. The van der Waals surface area contributed by atoms with Crippen molar-refractivity contribution in [3.8, 4) is 5.75 Å². The van der Waals surface area contributed by atoms with Gasteiger partial charge in [-0.3, -0.25) is 10.1 Å². The van der Waals surface area contributed by atoms with Crippen LogP contribution in [0.4, 0.5) is 20.2 Å². The highest BCUT2D eigenvalue weighted by atomic mass is 19.3. The first-order valence-corrected chi connectivity index (χ1v) is 6.88. The minimum Gasteiger partial charge on any atom is -0.427 e. The minimum absolute atomic E-state index is 0.266. The summed E-state index contributed by atoms with van der Waals surface area (Å²) in [5.41, 5.74) is 0.229. The van der Waals surface area contributed by atoms with E-state index in [4.69, 9.17) is 0 Å². The van der Waals surface area contributed by atoms with Gasteiger partial charge in [0.05, 0.1) is 4.92 Å². The number of nitro groups is 1. The number of nitro benzene ring substituents is 1. The second kappa shape index (κ2) is 6.24. The molecule has 0 aromatic heterocycles. The highest BCUT2D eigenvalue weighted by Crippen LogP contribution is 2.35. The predicted molar refractivity (Wildman–Crippen MR) is 74.9 cm³/mol. The van der Waals surface area contributed by atoms with E-state index in [1.54, 1.807) is 6.07 Å². The van der Waals surface area contributed by atoms with E-state index in [0.717, 1.165) is 19.4 Å². The molecule has 21 heavy (non-hydrogen) atoms. The number of hydrogen-bond donors (Lipinski definition) is 0. The van der Waals surface area contributed by atoms with Crippen molar-refractivity contribution in [2.75, 3.05) is 11.4 Å². The first-order valence-electron chi connectivity index (χ1n) is 6.88. The number of anilines is 1. The molecule has 0 N–H and O–H groups in total. The van der Waals surface area contributed by atoms with E-state index < -0.39 is 23.0 Å². The van der Waals surface area contributed by atoms with Gasteiger partial charge in [-0.2, -0.15) is 8.78 Å². The lowest BCUT2D eigenvalue weighted by Crippen LogP contribution is -2.41. The third kappa shape index (κ3) is 3.59. The standard InChI is InChI=1S/C14H18F2N2O3/c1-9-3-4-10(2)17(8-9)11-5-6-12(18(19)20)13(7-11)21-14(15)16/h5-7,9-10,14H,3-4,8H2,1-2H3. The molecular weight excluding hydrogens is 282 g/mol. The predicted octanol–water partition coefficient (Wildman–Crippen LogP) is 3.82. The molecular formula is C14H18F2N2O3. The zero-order chi connectivity index (χ0) is 15.6. The number of hydrogen-bond acceptors (Lipinski definition) is 4. The molecule has 2 atom stereocenters. The van der Waals surface area contributed by atoms with Crippen molar-refractivity contribution in [1.82, 2.24) is 0 Å². The quantitative estimate of drug-likeness (QED) is 0.626. The molecule has 0 saturated carbocycles. The maximum atomic E-state index is 12.4. The molecule has 2 rings (SSSR count). The third-order valence-corrected chi connectivity index (χ3v) is 3.81. The van der Waals surface area contributed by atoms with Crippen molar-refractivity contribution in [3.63, 3.8) is 0 Å². The van der Waals surface area contributed by atoms with Crippen molar-refractivity contribution < 1.29 is 18.4 Å². The highest BCUT2D eigenvalue weighted by molar-refractivity contribution is 5.60. The second-order valence-corrected chi connectivity index (χ2v) is 5.47. The van der Waals surface area contributed by atoms with Crippen LogP contribution in [0.5, 0.6) is 5.75 Å². The summed E-state index contributed by atoms with van der Waals surface area (Å²) in [4.78, 5) is 12.2. The number of ether oxygens (including phenoxy) is 1. The first kappa shape index (κ1) is 15.5. The van der Waals surface area contributed by atoms with E-state index in [0.29, 0.717) is 11.6 Å². The lowest BCUT2D eigenvalue weighted by Gasteiger charge is -2.38. The molecule has 7 heteroatoms. The molecule has 1 heterocycles. The average Bonchev–Trinajstić information content (AvgIpc) is 2.40. The maximum Gasteiger partial charge on any atom is 0.387 e. The summed E-state index contributed by atoms with van der Waals surface area (Å²) in [6, 6.07) is 4.41. The lowest BCUT2D eigenvalue weighted by atomic mass is 9.94. The summed E-state index contributed by atoms with van der Waals surface area (Å²) in [5.74, 6) is 0.105. The average molecular weight is 300 g/mol. The Labute approximate surface area is 121 Å². The van der Waals surface area contributed by atoms with E-state index in [-0.39, 0.29) is 6.04 Å². The van der Waals surface area contributed by atoms with Gasteiger partial charge in [0.15, 0.2) is 0 Å². The number of rotatable bonds is 4. The van der Waals surface area contributed by atoms with Crippen molar-refractivity contribution in [3.05, 3.63) is 28.3 Å². The van der Waals surface area contributed by atoms with Gasteiger partial charge in [0, 0.05) is 30.4 Å². The highest BCUT2D eigenvalue weighted by Gasteiger charge is 2.26. The Balaban J connectivity index is 2.34. The molecule has 0 spiro atoms. The normalized spacial score (nSPS) is 22.4. The van der Waals surface area contributed by atoms with Gasteiger partial charge in [0.25, 0.3) is 0 Å². The number of benzene rings is 1. The topological polar surface area (TPSA) is 55.6 Å². The van der Waals surface area contributed by atoms with Gasteiger partial charge in [0.1, 0.15) is 0 Å². The van der Waals surface area contributed by atoms with Gasteiger partial charge in [-0.05, 0) is 31.7 Å². The Bertz CT molecular complexity index is 525. The Morgan fingerprint density at radius 1 is 1.38 bits per heavy atom. The first-order chi connectivity index (χ1) is 9.88. The van der Waals surface area contributed by atoms with E-state index in [2.05, 4.69) is 23.5 Å². The Hall–Kier alpha value is -1.92. The van der Waals surface area contributed by atoms with Gasteiger partial charge in [-0.15, -0.1) is 0 Å². The van der Waals surface area contributed by atoms with Crippen LogP contribution in [0.25, 0.3) is 0 Å². The van der Waals surface area contributed by atoms with Crippen molar-refractivity contribution >= 4 is 11.4 Å². The van der Waals surface area contributed by atoms with Crippen LogP contribution in [-0.4, -0.2) is 24.1 Å². The fourth-order valence-electron chi connectivity index (χ4n) is 2.67. The minimum atomic E-state index is -3.09. The van der Waals surface area contributed by atoms with Gasteiger partial charge in [0.2, 0.25) is 5.75 Å². The molecule has 1 aliphatic heterocycles. The van der Waals surface area contributed by atoms with Gasteiger partial charge in [-0.25, -0.2) is 0 Å². The fourth-order valence-corrected chi connectivity index (χ4v) is 2.67. The van der Waals surface area contributed by atoms with Gasteiger partial charge in [-0.1, -0.05) is 6.92 Å². The second-order valence-electron chi connectivity index (χ2n) is 5.47. The Morgan fingerprint density at radius 3 is 2.71 bits per heavy atom. The van der Waals surface area contributed by atoms with E-state index in [1.165, 1.54) is 12.1 Å². The number of halogens is 2. The molecule has 1 fully saturated rings. The van der Waals surface area contributed by atoms with Crippen LogP contribution in [0.15, 0.2) is 18.2 Å². The Kier molecular flexibility index (Phi) is 4.59. The zero-order valence-corrected chi connectivity index (χ0v) is 12.0. The summed E-state index contributed by atoms with van der Waals surface area (Å²) < 4.78 is 29.1. The van der Waals surface area contributed by atoms with Crippen LogP contribution in [0.3, 0.4) is 0 Å². The molecule has 1 saturated heterocycles. The van der Waals surface area contributed by atoms with Gasteiger partial charge >= 0.3 is 12.3 Å². The maximum absolute atomic E-state index is 12.4. The summed E-state index contributed by atoms with van der Waals surface area (Å²) in [7, 11) is 0. The van der Waals surface area contributed by atoms with E-state index in [9.17, 15) is 18.9 Å². The molecule has 1 aliphatic rings. The molecule has 1 aromatic carbocycles. The largest absolute Gasteiger partial charge is 0.427 e. The fraction of sp³-hybridized carbons (Fsp3) is 0.571.